The van der Waals surface area contributed by atoms with Crippen LogP contribution in [0, 0.1) is 5.92 Å². The number of rotatable bonds is 3. The summed E-state index contributed by atoms with van der Waals surface area (Å²) >= 11 is 0. The molecule has 0 bridgehead atoms. The summed E-state index contributed by atoms with van der Waals surface area (Å²) in [7, 11) is 3.60. The number of benzene rings is 2. The van der Waals surface area contributed by atoms with Gasteiger partial charge in [-0.25, -0.2) is 4.79 Å². The molecule has 2 aromatic carbocycles. The molecular weight excluding hydrogens is 340 g/mol. The number of hydrogen-bond donors (Lipinski definition) is 2. The van der Waals surface area contributed by atoms with Crippen LogP contribution >= 0.6 is 0 Å². The smallest absolute Gasteiger partial charge is 0.335 e. The molecule has 5 nitrogen and oxygen atoms in total. The lowest BCUT2D eigenvalue weighted by Gasteiger charge is -2.36. The lowest BCUT2D eigenvalue weighted by atomic mass is 9.74. The van der Waals surface area contributed by atoms with Crippen LogP contribution in [-0.2, 0) is 0 Å². The van der Waals surface area contributed by atoms with E-state index in [1.807, 2.05) is 49.5 Å². The van der Waals surface area contributed by atoms with Crippen molar-refractivity contribution < 1.29 is 14.6 Å². The zero-order chi connectivity index (χ0) is 19.0. The fourth-order valence-electron chi connectivity index (χ4n) is 3.78. The van der Waals surface area contributed by atoms with E-state index in [2.05, 4.69) is 16.4 Å². The predicted octanol–water partition coefficient (Wildman–Crippen LogP) is 4.09. The van der Waals surface area contributed by atoms with Crippen LogP contribution < -0.4 is 10.1 Å². The van der Waals surface area contributed by atoms with Crippen LogP contribution in [0.3, 0.4) is 0 Å². The third-order valence-corrected chi connectivity index (χ3v) is 5.10. The summed E-state index contributed by atoms with van der Waals surface area (Å²) < 4.78 is 6.20. The second kappa shape index (κ2) is 6.76. The minimum atomic E-state index is -0.924. The van der Waals surface area contributed by atoms with E-state index >= 15 is 0 Å². The van der Waals surface area contributed by atoms with Gasteiger partial charge in [0, 0.05) is 49.3 Å². The molecule has 0 aromatic heterocycles. The quantitative estimate of drug-likeness (QED) is 0.865. The first-order chi connectivity index (χ1) is 13.1. The summed E-state index contributed by atoms with van der Waals surface area (Å²) in [6.07, 6.45) is 5.94. The number of carboxylic acids is 1. The van der Waals surface area contributed by atoms with Gasteiger partial charge in [-0.05, 0) is 23.8 Å². The summed E-state index contributed by atoms with van der Waals surface area (Å²) in [5.41, 5.74) is 3.85. The molecule has 2 N–H and O–H groups in total. The van der Waals surface area contributed by atoms with Gasteiger partial charge in [0.2, 0.25) is 0 Å². The zero-order valence-corrected chi connectivity index (χ0v) is 15.1. The average molecular weight is 360 g/mol. The molecule has 0 saturated carbocycles. The maximum absolute atomic E-state index is 11.8. The standard InChI is InChI=1S/C22H20N2O3/c1-23-13-7-9-17-19(11-13)27-20-12-14(24-2)8-10-18(20)21(17)15-5-3-4-6-16(15)22(25)26/h3-12,17,21,24H,1-2H3,(H,25,26). The normalized spacial score (nSPS) is 21.7. The van der Waals surface area contributed by atoms with E-state index in [4.69, 9.17) is 4.74 Å². The topological polar surface area (TPSA) is 70.9 Å². The van der Waals surface area contributed by atoms with Crippen LogP contribution in [0.5, 0.6) is 5.75 Å². The Kier molecular flexibility index (Phi) is 4.28. The van der Waals surface area contributed by atoms with E-state index in [1.165, 1.54) is 0 Å². The lowest BCUT2D eigenvalue weighted by molar-refractivity contribution is 0.0695. The van der Waals surface area contributed by atoms with Gasteiger partial charge < -0.3 is 15.2 Å². The summed E-state index contributed by atoms with van der Waals surface area (Å²) in [6, 6.07) is 13.1. The molecule has 1 heterocycles. The Morgan fingerprint density at radius 3 is 2.74 bits per heavy atom. The van der Waals surface area contributed by atoms with E-state index in [-0.39, 0.29) is 11.8 Å². The van der Waals surface area contributed by atoms with Crippen molar-refractivity contribution in [1.82, 2.24) is 0 Å². The molecule has 0 saturated heterocycles. The van der Waals surface area contributed by atoms with Crippen molar-refractivity contribution in [2.45, 2.75) is 5.92 Å². The Balaban J connectivity index is 1.94. The molecule has 2 aliphatic rings. The average Bonchev–Trinajstić information content (AvgIpc) is 2.71. The summed E-state index contributed by atoms with van der Waals surface area (Å²) in [6.45, 7) is 0. The van der Waals surface area contributed by atoms with Crippen molar-refractivity contribution in [2.75, 3.05) is 19.4 Å². The van der Waals surface area contributed by atoms with Crippen LogP contribution in [-0.4, -0.2) is 30.9 Å². The highest BCUT2D eigenvalue weighted by Gasteiger charge is 2.37. The molecule has 136 valence electrons. The molecule has 1 aliphatic carbocycles. The van der Waals surface area contributed by atoms with Gasteiger partial charge in [0.1, 0.15) is 11.5 Å². The largest absolute Gasteiger partial charge is 0.478 e. The molecule has 0 radical (unpaired) electrons. The highest BCUT2D eigenvalue weighted by atomic mass is 16.5. The van der Waals surface area contributed by atoms with E-state index < -0.39 is 5.97 Å². The fourth-order valence-corrected chi connectivity index (χ4v) is 3.78. The second-order valence-electron chi connectivity index (χ2n) is 6.55. The van der Waals surface area contributed by atoms with Gasteiger partial charge in [-0.1, -0.05) is 30.3 Å². The van der Waals surface area contributed by atoms with Crippen molar-refractivity contribution in [2.24, 2.45) is 10.9 Å². The second-order valence-corrected chi connectivity index (χ2v) is 6.55. The first kappa shape index (κ1) is 17.1. The SMILES string of the molecule is CN=C1C=CC2C(=C1)Oc1cc(NC)ccc1C2c1ccccc1C(=O)O. The Labute approximate surface area is 157 Å². The highest BCUT2D eigenvalue weighted by molar-refractivity contribution is 6.05. The van der Waals surface area contributed by atoms with Gasteiger partial charge in [-0.15, -0.1) is 0 Å². The van der Waals surface area contributed by atoms with Gasteiger partial charge in [-0.3, -0.25) is 4.99 Å². The summed E-state index contributed by atoms with van der Waals surface area (Å²) in [4.78, 5) is 16.1. The molecule has 2 aromatic rings. The van der Waals surface area contributed by atoms with Crippen molar-refractivity contribution in [3.8, 4) is 5.75 Å². The number of carbonyl (C=O) groups is 1. The number of fused-ring (bicyclic) bond motifs is 2. The highest BCUT2D eigenvalue weighted by Crippen LogP contribution is 2.48. The number of ether oxygens (including phenoxy) is 1. The van der Waals surface area contributed by atoms with Crippen LogP contribution in [0.2, 0.25) is 0 Å². The van der Waals surface area contributed by atoms with E-state index in [1.54, 1.807) is 19.2 Å². The molecular formula is C22H20N2O3. The molecule has 4 rings (SSSR count). The van der Waals surface area contributed by atoms with Crippen LogP contribution in [0.25, 0.3) is 0 Å². The first-order valence-electron chi connectivity index (χ1n) is 8.80. The van der Waals surface area contributed by atoms with E-state index in [9.17, 15) is 9.90 Å². The Morgan fingerprint density at radius 1 is 1.19 bits per heavy atom. The number of allylic oxidation sites excluding steroid dienone is 3. The van der Waals surface area contributed by atoms with Crippen molar-refractivity contribution in [3.63, 3.8) is 0 Å². The van der Waals surface area contributed by atoms with Crippen LogP contribution in [0.15, 0.2) is 71.4 Å². The van der Waals surface area contributed by atoms with Gasteiger partial charge in [-0.2, -0.15) is 0 Å². The minimum absolute atomic E-state index is 0.0797. The van der Waals surface area contributed by atoms with Gasteiger partial charge in [0.15, 0.2) is 0 Å². The molecule has 2 unspecified atom stereocenters. The number of nitrogens with one attached hydrogen (secondary N) is 1. The predicted molar refractivity (Wildman–Crippen MR) is 106 cm³/mol. The molecule has 5 heteroatoms. The van der Waals surface area contributed by atoms with Gasteiger partial charge in [0.05, 0.1) is 11.3 Å². The zero-order valence-electron chi connectivity index (χ0n) is 15.1. The Morgan fingerprint density at radius 2 is 2.00 bits per heavy atom. The van der Waals surface area contributed by atoms with E-state index in [0.29, 0.717) is 5.56 Å². The first-order valence-corrected chi connectivity index (χ1v) is 8.80. The van der Waals surface area contributed by atoms with Crippen LogP contribution in [0.4, 0.5) is 5.69 Å². The van der Waals surface area contributed by atoms with Crippen molar-refractivity contribution in [1.29, 1.82) is 0 Å². The minimum Gasteiger partial charge on any atom is -0.478 e. The number of anilines is 1. The molecule has 27 heavy (non-hydrogen) atoms. The third kappa shape index (κ3) is 2.91. The van der Waals surface area contributed by atoms with Crippen molar-refractivity contribution >= 4 is 17.4 Å². The monoisotopic (exact) mass is 360 g/mol. The molecule has 0 amide bonds. The number of aliphatic imine (C=N–C) groups is 1. The van der Waals surface area contributed by atoms with Gasteiger partial charge >= 0.3 is 5.97 Å². The number of hydrogen-bond acceptors (Lipinski definition) is 4. The van der Waals surface area contributed by atoms with E-state index in [0.717, 1.165) is 34.0 Å². The summed E-state index contributed by atoms with van der Waals surface area (Å²) in [5.74, 6) is 0.368. The third-order valence-electron chi connectivity index (χ3n) is 5.10. The maximum Gasteiger partial charge on any atom is 0.335 e. The molecule has 1 aliphatic heterocycles. The lowest BCUT2D eigenvalue weighted by Crippen LogP contribution is -2.27. The van der Waals surface area contributed by atoms with Crippen molar-refractivity contribution in [3.05, 3.63) is 83.1 Å². The van der Waals surface area contributed by atoms with Crippen LogP contribution in [0.1, 0.15) is 27.4 Å². The van der Waals surface area contributed by atoms with Gasteiger partial charge in [0.25, 0.3) is 0 Å². The summed E-state index contributed by atoms with van der Waals surface area (Å²) in [5, 5.41) is 12.8. The Hall–Kier alpha value is -3.34. The Bertz CT molecular complexity index is 1000. The maximum atomic E-state index is 11.8. The number of aromatic carboxylic acids is 1. The number of nitrogens with zero attached hydrogens (tertiary/aromatic N) is 1. The molecule has 0 spiro atoms. The fraction of sp³-hybridized carbons (Fsp3) is 0.182. The molecule has 0 fully saturated rings. The number of carboxylic acid groups (broad SMARTS) is 1. The molecule has 2 atom stereocenters.